The second kappa shape index (κ2) is 6.41. The second-order valence-corrected chi connectivity index (χ2v) is 6.72. The predicted octanol–water partition coefficient (Wildman–Crippen LogP) is 0.603. The molecule has 2 aliphatic rings. The Kier molecular flexibility index (Phi) is 5.04. The Balaban J connectivity index is 1.81. The molecule has 5 heteroatoms. The minimum atomic E-state index is -0.417. The van der Waals surface area contributed by atoms with Gasteiger partial charge in [-0.3, -0.25) is 9.69 Å². The summed E-state index contributed by atoms with van der Waals surface area (Å²) < 4.78 is 5.16. The molecule has 0 aromatic rings. The van der Waals surface area contributed by atoms with Gasteiger partial charge in [-0.05, 0) is 38.5 Å². The van der Waals surface area contributed by atoms with Gasteiger partial charge in [-0.2, -0.15) is 0 Å². The lowest BCUT2D eigenvalue weighted by Gasteiger charge is -2.40. The van der Waals surface area contributed by atoms with Crippen LogP contribution in [0.25, 0.3) is 0 Å². The van der Waals surface area contributed by atoms with Crippen molar-refractivity contribution >= 4 is 5.91 Å². The molecule has 0 radical (unpaired) electrons. The summed E-state index contributed by atoms with van der Waals surface area (Å²) in [5, 5.41) is 6.50. The number of carbonyl (C=O) groups is 1. The SMILES string of the molecule is COCCC1(CNC(=O)C(C)(C)N2CCNCC2)CC1. The molecule has 2 fully saturated rings. The maximum absolute atomic E-state index is 12.5. The zero-order valence-electron chi connectivity index (χ0n) is 13.1. The molecule has 0 aromatic heterocycles. The fourth-order valence-electron chi connectivity index (χ4n) is 2.86. The van der Waals surface area contributed by atoms with Gasteiger partial charge in [-0.1, -0.05) is 0 Å². The van der Waals surface area contributed by atoms with Gasteiger partial charge in [0.1, 0.15) is 0 Å². The highest BCUT2D eigenvalue weighted by Gasteiger charge is 2.43. The molecule has 1 aliphatic carbocycles. The van der Waals surface area contributed by atoms with Crippen molar-refractivity contribution in [2.45, 2.75) is 38.6 Å². The van der Waals surface area contributed by atoms with Gasteiger partial charge >= 0.3 is 0 Å². The standard InChI is InChI=1S/C15H29N3O2/c1-14(2,18-9-7-16-8-10-18)13(19)17-12-15(4-5-15)6-11-20-3/h16H,4-12H2,1-3H3,(H,17,19). The molecule has 1 saturated heterocycles. The average molecular weight is 283 g/mol. The summed E-state index contributed by atoms with van der Waals surface area (Å²) in [4.78, 5) is 14.8. The number of nitrogens with one attached hydrogen (secondary N) is 2. The second-order valence-electron chi connectivity index (χ2n) is 6.72. The van der Waals surface area contributed by atoms with Crippen LogP contribution >= 0.6 is 0 Å². The molecule has 0 spiro atoms. The van der Waals surface area contributed by atoms with E-state index in [1.807, 2.05) is 13.8 Å². The van der Waals surface area contributed by atoms with Crippen LogP contribution < -0.4 is 10.6 Å². The summed E-state index contributed by atoms with van der Waals surface area (Å²) in [6.07, 6.45) is 3.48. The van der Waals surface area contributed by atoms with Crippen LogP contribution in [0.15, 0.2) is 0 Å². The van der Waals surface area contributed by atoms with E-state index in [2.05, 4.69) is 15.5 Å². The molecule has 1 saturated carbocycles. The molecule has 116 valence electrons. The zero-order valence-corrected chi connectivity index (χ0v) is 13.1. The van der Waals surface area contributed by atoms with Gasteiger partial charge in [0, 0.05) is 46.4 Å². The number of amides is 1. The predicted molar refractivity (Wildman–Crippen MR) is 79.7 cm³/mol. The molecule has 1 amide bonds. The van der Waals surface area contributed by atoms with E-state index in [0.717, 1.165) is 45.8 Å². The van der Waals surface area contributed by atoms with Crippen LogP contribution in [0.3, 0.4) is 0 Å². The first-order valence-electron chi connectivity index (χ1n) is 7.73. The molecule has 0 bridgehead atoms. The monoisotopic (exact) mass is 283 g/mol. The van der Waals surface area contributed by atoms with Gasteiger partial charge in [0.25, 0.3) is 0 Å². The molecule has 1 heterocycles. The Bertz CT molecular complexity index is 334. The molecular formula is C15H29N3O2. The van der Waals surface area contributed by atoms with Gasteiger partial charge in [-0.15, -0.1) is 0 Å². The van der Waals surface area contributed by atoms with Crippen molar-refractivity contribution in [1.82, 2.24) is 15.5 Å². The molecular weight excluding hydrogens is 254 g/mol. The molecule has 2 N–H and O–H groups in total. The molecule has 0 unspecified atom stereocenters. The van der Waals surface area contributed by atoms with E-state index in [1.54, 1.807) is 7.11 Å². The van der Waals surface area contributed by atoms with Crippen molar-refractivity contribution in [2.24, 2.45) is 5.41 Å². The van der Waals surface area contributed by atoms with Crippen molar-refractivity contribution in [3.63, 3.8) is 0 Å². The zero-order chi connectivity index (χ0) is 14.6. The first-order valence-corrected chi connectivity index (χ1v) is 7.73. The van der Waals surface area contributed by atoms with E-state index >= 15 is 0 Å². The van der Waals surface area contributed by atoms with E-state index in [4.69, 9.17) is 4.74 Å². The number of rotatable bonds is 7. The highest BCUT2D eigenvalue weighted by Crippen LogP contribution is 2.48. The summed E-state index contributed by atoms with van der Waals surface area (Å²) in [5.74, 6) is 0.156. The van der Waals surface area contributed by atoms with Gasteiger partial charge < -0.3 is 15.4 Å². The van der Waals surface area contributed by atoms with E-state index < -0.39 is 5.54 Å². The van der Waals surface area contributed by atoms with Crippen LogP contribution in [0, 0.1) is 5.41 Å². The minimum absolute atomic E-state index is 0.156. The van der Waals surface area contributed by atoms with Gasteiger partial charge in [0.2, 0.25) is 5.91 Å². The molecule has 20 heavy (non-hydrogen) atoms. The first kappa shape index (κ1) is 15.7. The lowest BCUT2D eigenvalue weighted by molar-refractivity contribution is -0.132. The lowest BCUT2D eigenvalue weighted by atomic mass is 9.98. The third-order valence-electron chi connectivity index (χ3n) is 4.88. The largest absolute Gasteiger partial charge is 0.385 e. The molecule has 0 atom stereocenters. The Hall–Kier alpha value is -0.650. The van der Waals surface area contributed by atoms with Crippen LogP contribution in [0.5, 0.6) is 0 Å². The van der Waals surface area contributed by atoms with Gasteiger partial charge in [0.15, 0.2) is 0 Å². The summed E-state index contributed by atoms with van der Waals surface area (Å²) in [6, 6.07) is 0. The number of methoxy groups -OCH3 is 1. The van der Waals surface area contributed by atoms with E-state index in [9.17, 15) is 4.79 Å². The third kappa shape index (κ3) is 3.71. The number of hydrogen-bond donors (Lipinski definition) is 2. The fourth-order valence-corrected chi connectivity index (χ4v) is 2.86. The molecule has 1 aliphatic heterocycles. The van der Waals surface area contributed by atoms with Crippen LogP contribution in [-0.2, 0) is 9.53 Å². The molecule has 5 nitrogen and oxygen atoms in total. The first-order chi connectivity index (χ1) is 9.50. The highest BCUT2D eigenvalue weighted by atomic mass is 16.5. The van der Waals surface area contributed by atoms with Crippen LogP contribution in [0.4, 0.5) is 0 Å². The number of piperazine rings is 1. The Labute approximate surface area is 122 Å². The summed E-state index contributed by atoms with van der Waals surface area (Å²) >= 11 is 0. The number of hydrogen-bond acceptors (Lipinski definition) is 4. The Morgan fingerprint density at radius 2 is 2.00 bits per heavy atom. The highest BCUT2D eigenvalue weighted by molar-refractivity contribution is 5.85. The number of ether oxygens (including phenoxy) is 1. The maximum atomic E-state index is 12.5. The fraction of sp³-hybridized carbons (Fsp3) is 0.933. The Morgan fingerprint density at radius 3 is 2.55 bits per heavy atom. The third-order valence-corrected chi connectivity index (χ3v) is 4.88. The maximum Gasteiger partial charge on any atom is 0.239 e. The number of nitrogens with zero attached hydrogens (tertiary/aromatic N) is 1. The summed E-state index contributed by atoms with van der Waals surface area (Å²) in [7, 11) is 1.74. The van der Waals surface area contributed by atoms with Crippen molar-refractivity contribution < 1.29 is 9.53 Å². The summed E-state index contributed by atoms with van der Waals surface area (Å²) in [6.45, 7) is 9.46. The van der Waals surface area contributed by atoms with Gasteiger partial charge in [0.05, 0.1) is 5.54 Å². The van der Waals surface area contributed by atoms with Crippen molar-refractivity contribution in [3.05, 3.63) is 0 Å². The number of carbonyl (C=O) groups excluding carboxylic acids is 1. The van der Waals surface area contributed by atoms with E-state index in [0.29, 0.717) is 5.41 Å². The van der Waals surface area contributed by atoms with Crippen molar-refractivity contribution in [2.75, 3.05) is 46.4 Å². The van der Waals surface area contributed by atoms with Crippen LogP contribution in [0.2, 0.25) is 0 Å². The lowest BCUT2D eigenvalue weighted by Crippen LogP contribution is -2.60. The molecule has 0 aromatic carbocycles. The topological polar surface area (TPSA) is 53.6 Å². The minimum Gasteiger partial charge on any atom is -0.385 e. The average Bonchev–Trinajstić information content (AvgIpc) is 3.24. The van der Waals surface area contributed by atoms with Gasteiger partial charge in [-0.25, -0.2) is 0 Å². The quantitative estimate of drug-likeness (QED) is 0.718. The smallest absolute Gasteiger partial charge is 0.239 e. The van der Waals surface area contributed by atoms with E-state index in [-0.39, 0.29) is 5.91 Å². The Morgan fingerprint density at radius 1 is 1.35 bits per heavy atom. The van der Waals surface area contributed by atoms with Crippen LogP contribution in [0.1, 0.15) is 33.1 Å². The summed E-state index contributed by atoms with van der Waals surface area (Å²) in [5.41, 5.74) is -0.107. The van der Waals surface area contributed by atoms with E-state index in [1.165, 1.54) is 12.8 Å². The normalized spacial score (nSPS) is 22.6. The van der Waals surface area contributed by atoms with Crippen molar-refractivity contribution in [1.29, 1.82) is 0 Å². The molecule has 2 rings (SSSR count). The van der Waals surface area contributed by atoms with Crippen LogP contribution in [-0.4, -0.2) is 62.8 Å². The van der Waals surface area contributed by atoms with Crippen molar-refractivity contribution in [3.8, 4) is 0 Å².